The van der Waals surface area contributed by atoms with Crippen LogP contribution < -0.4 is 9.47 Å². The summed E-state index contributed by atoms with van der Waals surface area (Å²) in [5.41, 5.74) is 2.08. The molecule has 4 aliphatic rings. The molecule has 5 rings (SSSR count). The van der Waals surface area contributed by atoms with Crippen LogP contribution in [0.4, 0.5) is 4.79 Å². The summed E-state index contributed by atoms with van der Waals surface area (Å²) in [4.78, 5) is 27.0. The number of nitrogens with zero attached hydrogens (tertiary/aromatic N) is 1. The molecule has 6 heteroatoms. The van der Waals surface area contributed by atoms with Crippen molar-refractivity contribution in [1.82, 2.24) is 4.90 Å². The maximum Gasteiger partial charge on any atom is 0.513 e. The van der Waals surface area contributed by atoms with Crippen molar-refractivity contribution in [2.75, 3.05) is 20.2 Å². The summed E-state index contributed by atoms with van der Waals surface area (Å²) in [5, 5.41) is 0. The minimum Gasteiger partial charge on any atom is -0.477 e. The Morgan fingerprint density at radius 3 is 3.08 bits per heavy atom. The number of likely N-dealkylation sites (tertiary alicyclic amines) is 1. The van der Waals surface area contributed by atoms with Crippen LogP contribution in [0.25, 0.3) is 0 Å². The molecule has 1 saturated heterocycles. The summed E-state index contributed by atoms with van der Waals surface area (Å²) in [7, 11) is 2.18. The molecule has 6 nitrogen and oxygen atoms in total. The van der Waals surface area contributed by atoms with E-state index in [1.165, 1.54) is 5.56 Å². The van der Waals surface area contributed by atoms with Crippen LogP contribution in [0.1, 0.15) is 37.3 Å². The number of hydrogen-bond donors (Lipinski definition) is 0. The van der Waals surface area contributed by atoms with Gasteiger partial charge in [0.1, 0.15) is 0 Å². The maximum absolute atomic E-state index is 12.8. The zero-order valence-corrected chi connectivity index (χ0v) is 15.1. The molecule has 2 aliphatic carbocycles. The molecule has 0 radical (unpaired) electrons. The average molecular weight is 357 g/mol. The van der Waals surface area contributed by atoms with Crippen LogP contribution in [0, 0.1) is 5.92 Å². The van der Waals surface area contributed by atoms with Crippen LogP contribution in [-0.4, -0.2) is 49.2 Å². The van der Waals surface area contributed by atoms with Gasteiger partial charge < -0.3 is 19.1 Å². The number of piperidine rings is 1. The van der Waals surface area contributed by atoms with Gasteiger partial charge in [-0.3, -0.25) is 4.79 Å². The van der Waals surface area contributed by atoms with E-state index >= 15 is 0 Å². The quantitative estimate of drug-likeness (QED) is 0.598. The Morgan fingerprint density at radius 2 is 2.27 bits per heavy atom. The number of hydrogen-bond acceptors (Lipinski definition) is 6. The largest absolute Gasteiger partial charge is 0.513 e. The molecule has 26 heavy (non-hydrogen) atoms. The first-order chi connectivity index (χ1) is 12.6. The van der Waals surface area contributed by atoms with Gasteiger partial charge in [-0.2, -0.15) is 0 Å². The Hall–Kier alpha value is -2.08. The first kappa shape index (κ1) is 16.1. The highest BCUT2D eigenvalue weighted by atomic mass is 16.7. The van der Waals surface area contributed by atoms with E-state index in [2.05, 4.69) is 11.9 Å². The van der Waals surface area contributed by atoms with Gasteiger partial charge in [0, 0.05) is 23.4 Å². The van der Waals surface area contributed by atoms with Gasteiger partial charge in [-0.05, 0) is 57.3 Å². The summed E-state index contributed by atoms with van der Waals surface area (Å²) < 4.78 is 16.6. The SMILES string of the molecule is CCOC(=O)Oc1ccc2c3c1O[C@H]1C(=O)CC[C@H]4[C@@H](C2)N(C)CC[C@]314. The van der Waals surface area contributed by atoms with Crippen LogP contribution in [0.3, 0.4) is 0 Å². The van der Waals surface area contributed by atoms with Crippen LogP contribution >= 0.6 is 0 Å². The lowest BCUT2D eigenvalue weighted by Gasteiger charge is -2.57. The zero-order valence-electron chi connectivity index (χ0n) is 15.1. The number of ketones is 1. The molecule has 1 aromatic rings. The Kier molecular flexibility index (Phi) is 3.38. The summed E-state index contributed by atoms with van der Waals surface area (Å²) in [6.45, 7) is 2.94. The Labute approximate surface area is 152 Å². The monoisotopic (exact) mass is 357 g/mol. The van der Waals surface area contributed by atoms with Crippen molar-refractivity contribution in [3.63, 3.8) is 0 Å². The molecule has 2 bridgehead atoms. The Balaban J connectivity index is 1.66. The van der Waals surface area contributed by atoms with Crippen molar-refractivity contribution in [2.24, 2.45) is 5.92 Å². The molecule has 0 N–H and O–H groups in total. The number of ether oxygens (including phenoxy) is 3. The molecule has 1 aromatic carbocycles. The molecule has 138 valence electrons. The van der Waals surface area contributed by atoms with E-state index in [1.54, 1.807) is 13.0 Å². The summed E-state index contributed by atoms with van der Waals surface area (Å²) in [5.74, 6) is 1.55. The second kappa shape index (κ2) is 5.46. The molecule has 1 spiro atoms. The smallest absolute Gasteiger partial charge is 0.477 e. The van der Waals surface area contributed by atoms with Crippen molar-refractivity contribution >= 4 is 11.9 Å². The predicted molar refractivity (Wildman–Crippen MR) is 92.7 cm³/mol. The molecule has 2 aliphatic heterocycles. The molecule has 0 amide bonds. The zero-order chi connectivity index (χ0) is 18.1. The van der Waals surface area contributed by atoms with Gasteiger partial charge in [-0.25, -0.2) is 4.79 Å². The van der Waals surface area contributed by atoms with Crippen molar-refractivity contribution in [2.45, 2.75) is 50.2 Å². The van der Waals surface area contributed by atoms with Gasteiger partial charge in [0.05, 0.1) is 6.61 Å². The Bertz CT molecular complexity index is 806. The van der Waals surface area contributed by atoms with Crippen LogP contribution in [-0.2, 0) is 21.4 Å². The van der Waals surface area contributed by atoms with E-state index < -0.39 is 12.3 Å². The van der Waals surface area contributed by atoms with E-state index in [9.17, 15) is 9.59 Å². The second-order valence-electron chi connectivity index (χ2n) is 7.86. The molecular formula is C20H23NO5. The van der Waals surface area contributed by atoms with E-state index in [1.807, 2.05) is 6.07 Å². The van der Waals surface area contributed by atoms with Crippen molar-refractivity contribution in [3.8, 4) is 11.5 Å². The minimum absolute atomic E-state index is 0.177. The standard InChI is InChI=1S/C20H23NO5/c1-3-24-19(23)25-15-7-4-11-10-13-12-5-6-14(22)18-20(12,8-9-21(13)2)16(11)17(15)26-18/h4,7,12-13,18H,3,5-6,8-10H2,1-2H3/t12-,13+,18-,20-/m0/s1. The van der Waals surface area contributed by atoms with Crippen molar-refractivity contribution < 1.29 is 23.8 Å². The molecule has 0 unspecified atom stereocenters. The fourth-order valence-corrected chi connectivity index (χ4v) is 5.83. The third-order valence-corrected chi connectivity index (χ3v) is 6.83. The molecule has 0 aromatic heterocycles. The second-order valence-corrected chi connectivity index (χ2v) is 7.86. The van der Waals surface area contributed by atoms with E-state index in [0.717, 1.165) is 31.4 Å². The predicted octanol–water partition coefficient (Wildman–Crippen LogP) is 2.46. The number of rotatable bonds is 2. The van der Waals surface area contributed by atoms with Crippen molar-refractivity contribution in [1.29, 1.82) is 0 Å². The third kappa shape index (κ3) is 1.91. The van der Waals surface area contributed by atoms with Gasteiger partial charge in [0.15, 0.2) is 23.4 Å². The summed E-state index contributed by atoms with van der Waals surface area (Å²) in [6.07, 6.45) is 2.16. The van der Waals surface area contributed by atoms with Crippen LogP contribution in [0.15, 0.2) is 12.1 Å². The number of carbonyl (C=O) groups is 2. The fourth-order valence-electron chi connectivity index (χ4n) is 5.83. The highest BCUT2D eigenvalue weighted by Crippen LogP contribution is 2.63. The highest BCUT2D eigenvalue weighted by molar-refractivity contribution is 5.89. The third-order valence-electron chi connectivity index (χ3n) is 6.83. The highest BCUT2D eigenvalue weighted by Gasteiger charge is 2.65. The number of benzene rings is 1. The lowest BCUT2D eigenvalue weighted by molar-refractivity contribution is -0.138. The Morgan fingerprint density at radius 1 is 1.42 bits per heavy atom. The number of carbonyl (C=O) groups excluding carboxylic acids is 2. The van der Waals surface area contributed by atoms with Gasteiger partial charge in [-0.1, -0.05) is 6.07 Å². The van der Waals surface area contributed by atoms with E-state index in [0.29, 0.717) is 29.9 Å². The fraction of sp³-hybridized carbons (Fsp3) is 0.600. The lowest BCUT2D eigenvalue weighted by atomic mass is 9.52. The molecule has 4 atom stereocenters. The molecular weight excluding hydrogens is 334 g/mol. The first-order valence-corrected chi connectivity index (χ1v) is 9.47. The summed E-state index contributed by atoms with van der Waals surface area (Å²) in [6, 6.07) is 4.25. The van der Waals surface area contributed by atoms with Gasteiger partial charge >= 0.3 is 6.16 Å². The minimum atomic E-state index is -0.736. The first-order valence-electron chi connectivity index (χ1n) is 9.47. The van der Waals surface area contributed by atoms with Gasteiger partial charge in [0.25, 0.3) is 0 Å². The topological polar surface area (TPSA) is 65.1 Å². The average Bonchev–Trinajstić information content (AvgIpc) is 2.97. The van der Waals surface area contributed by atoms with Crippen LogP contribution in [0.2, 0.25) is 0 Å². The van der Waals surface area contributed by atoms with Crippen LogP contribution in [0.5, 0.6) is 11.5 Å². The van der Waals surface area contributed by atoms with Gasteiger partial charge in [0.2, 0.25) is 0 Å². The van der Waals surface area contributed by atoms with E-state index in [4.69, 9.17) is 14.2 Å². The molecule has 2 fully saturated rings. The molecule has 1 saturated carbocycles. The summed E-state index contributed by atoms with van der Waals surface area (Å²) >= 11 is 0. The van der Waals surface area contributed by atoms with E-state index in [-0.39, 0.29) is 17.8 Å². The number of Topliss-reactive ketones (excluding diaryl/α,β-unsaturated/α-hetero) is 1. The maximum atomic E-state index is 12.8. The number of likely N-dealkylation sites (N-methyl/N-ethyl adjacent to an activating group) is 1. The molecule has 2 heterocycles. The van der Waals surface area contributed by atoms with Gasteiger partial charge in [-0.15, -0.1) is 0 Å². The van der Waals surface area contributed by atoms with Crippen molar-refractivity contribution in [3.05, 3.63) is 23.3 Å². The lowest BCUT2D eigenvalue weighted by Crippen LogP contribution is -2.65. The normalized spacial score (nSPS) is 34.1.